The van der Waals surface area contributed by atoms with Crippen LogP contribution in [0, 0.1) is 20.8 Å². The average Bonchev–Trinajstić information content (AvgIpc) is 3.31. The van der Waals surface area contributed by atoms with E-state index in [0.717, 1.165) is 27.9 Å². The minimum Gasteiger partial charge on any atom is -0.496 e. The predicted molar refractivity (Wildman–Crippen MR) is 125 cm³/mol. The summed E-state index contributed by atoms with van der Waals surface area (Å²) in [6.07, 6.45) is 1.93. The molecule has 0 bridgehead atoms. The van der Waals surface area contributed by atoms with E-state index in [-0.39, 0.29) is 5.91 Å². The number of benzene rings is 2. The van der Waals surface area contributed by atoms with Gasteiger partial charge in [-0.1, -0.05) is 41.4 Å². The molecule has 1 N–H and O–H groups in total. The molecule has 8 heteroatoms. The summed E-state index contributed by atoms with van der Waals surface area (Å²) in [6, 6.07) is 11.6. The van der Waals surface area contributed by atoms with Crippen molar-refractivity contribution in [3.05, 3.63) is 75.7 Å². The summed E-state index contributed by atoms with van der Waals surface area (Å²) in [7, 11) is 1.60. The number of aryl methyl sites for hydroxylation is 4. The minimum absolute atomic E-state index is 0.168. The number of nitrogens with zero attached hydrogens (tertiary/aromatic N) is 4. The zero-order valence-corrected chi connectivity index (χ0v) is 19.4. The van der Waals surface area contributed by atoms with Gasteiger partial charge >= 0.3 is 0 Å². The van der Waals surface area contributed by atoms with Crippen molar-refractivity contribution in [2.45, 2.75) is 40.4 Å². The van der Waals surface area contributed by atoms with Crippen molar-refractivity contribution in [2.24, 2.45) is 0 Å². The van der Waals surface area contributed by atoms with Gasteiger partial charge in [-0.3, -0.25) is 14.2 Å². The second-order valence-corrected chi connectivity index (χ2v) is 8.26. The molecule has 7 nitrogen and oxygen atoms in total. The molecule has 2 aromatic carbocycles. The third-order valence-electron chi connectivity index (χ3n) is 5.49. The van der Waals surface area contributed by atoms with E-state index in [1.165, 1.54) is 0 Å². The summed E-state index contributed by atoms with van der Waals surface area (Å²) >= 11 is 6.24. The van der Waals surface area contributed by atoms with Crippen molar-refractivity contribution in [3.63, 3.8) is 0 Å². The van der Waals surface area contributed by atoms with E-state index in [1.807, 2.05) is 54.5 Å². The van der Waals surface area contributed by atoms with E-state index in [1.54, 1.807) is 19.2 Å². The van der Waals surface area contributed by atoms with Gasteiger partial charge in [0.05, 0.1) is 47.5 Å². The van der Waals surface area contributed by atoms with Gasteiger partial charge in [0, 0.05) is 18.3 Å². The van der Waals surface area contributed by atoms with Crippen LogP contribution in [-0.4, -0.2) is 32.6 Å². The van der Waals surface area contributed by atoms with Crippen molar-refractivity contribution in [3.8, 4) is 5.75 Å². The van der Waals surface area contributed by atoms with Crippen molar-refractivity contribution < 1.29 is 9.53 Å². The van der Waals surface area contributed by atoms with Gasteiger partial charge in [0.25, 0.3) is 5.91 Å². The lowest BCUT2D eigenvalue weighted by atomic mass is 10.1. The molecule has 2 aromatic heterocycles. The maximum absolute atomic E-state index is 12.8. The number of nitrogens with one attached hydrogen (secondary N) is 1. The number of hydrogen-bond acceptors (Lipinski definition) is 4. The number of ether oxygens (including phenoxy) is 1. The Kier molecular flexibility index (Phi) is 6.19. The SMILES string of the molecule is COc1cc(C(=O)NCc2cccc(C)c2)cc2nn(CCn3nc(C)c(Cl)c3C)cc12. The van der Waals surface area contributed by atoms with Crippen molar-refractivity contribution in [2.75, 3.05) is 7.11 Å². The van der Waals surface area contributed by atoms with E-state index in [9.17, 15) is 4.79 Å². The lowest BCUT2D eigenvalue weighted by Crippen LogP contribution is -2.22. The fourth-order valence-electron chi connectivity index (χ4n) is 3.75. The van der Waals surface area contributed by atoms with Crippen molar-refractivity contribution in [1.82, 2.24) is 24.9 Å². The molecule has 0 saturated carbocycles. The maximum Gasteiger partial charge on any atom is 0.251 e. The average molecular weight is 452 g/mol. The lowest BCUT2D eigenvalue weighted by molar-refractivity contribution is 0.0950. The van der Waals surface area contributed by atoms with Crippen LogP contribution in [0.5, 0.6) is 5.75 Å². The third kappa shape index (κ3) is 4.48. The Labute approximate surface area is 191 Å². The highest BCUT2D eigenvalue weighted by molar-refractivity contribution is 6.31. The van der Waals surface area contributed by atoms with Crippen LogP contribution in [-0.2, 0) is 19.6 Å². The second kappa shape index (κ2) is 9.04. The molecule has 4 aromatic rings. The molecule has 0 radical (unpaired) electrons. The van der Waals surface area contributed by atoms with Gasteiger partial charge in [0.15, 0.2) is 0 Å². The molecular weight excluding hydrogens is 426 g/mol. The molecule has 0 unspecified atom stereocenters. The summed E-state index contributed by atoms with van der Waals surface area (Å²) in [5.74, 6) is 0.446. The predicted octanol–water partition coefficient (Wildman–Crippen LogP) is 4.45. The molecule has 4 rings (SSSR count). The Bertz CT molecular complexity index is 1290. The number of hydrogen-bond donors (Lipinski definition) is 1. The van der Waals surface area contributed by atoms with E-state index >= 15 is 0 Å². The Morgan fingerprint density at radius 3 is 2.62 bits per heavy atom. The van der Waals surface area contributed by atoms with Crippen LogP contribution in [0.2, 0.25) is 5.02 Å². The Hall–Kier alpha value is -3.32. The van der Waals surface area contributed by atoms with E-state index in [0.29, 0.717) is 41.5 Å². The monoisotopic (exact) mass is 451 g/mol. The van der Waals surface area contributed by atoms with Gasteiger partial charge in [0.1, 0.15) is 5.75 Å². The minimum atomic E-state index is -0.168. The summed E-state index contributed by atoms with van der Waals surface area (Å²) in [5.41, 5.74) is 5.19. The van der Waals surface area contributed by atoms with Gasteiger partial charge in [-0.05, 0) is 38.5 Å². The van der Waals surface area contributed by atoms with Crippen LogP contribution in [0.15, 0.2) is 42.6 Å². The first-order valence-corrected chi connectivity index (χ1v) is 10.8. The highest BCUT2D eigenvalue weighted by atomic mass is 35.5. The Morgan fingerprint density at radius 1 is 1.12 bits per heavy atom. The molecule has 0 atom stereocenters. The molecule has 2 heterocycles. The van der Waals surface area contributed by atoms with E-state index < -0.39 is 0 Å². The van der Waals surface area contributed by atoms with Crippen LogP contribution in [0.3, 0.4) is 0 Å². The highest BCUT2D eigenvalue weighted by Crippen LogP contribution is 2.27. The fraction of sp³-hybridized carbons (Fsp3) is 0.292. The number of fused-ring (bicyclic) bond motifs is 1. The summed E-state index contributed by atoms with van der Waals surface area (Å²) in [6.45, 7) is 7.59. The van der Waals surface area contributed by atoms with Crippen LogP contribution in [0.25, 0.3) is 10.9 Å². The van der Waals surface area contributed by atoms with E-state index in [4.69, 9.17) is 16.3 Å². The number of aromatic nitrogens is 4. The molecule has 1 amide bonds. The topological polar surface area (TPSA) is 74.0 Å². The first-order valence-electron chi connectivity index (χ1n) is 10.4. The first kappa shape index (κ1) is 21.9. The smallest absolute Gasteiger partial charge is 0.251 e. The molecule has 32 heavy (non-hydrogen) atoms. The second-order valence-electron chi connectivity index (χ2n) is 7.88. The Balaban J connectivity index is 1.52. The maximum atomic E-state index is 12.8. The highest BCUT2D eigenvalue weighted by Gasteiger charge is 2.15. The van der Waals surface area contributed by atoms with Gasteiger partial charge < -0.3 is 10.1 Å². The van der Waals surface area contributed by atoms with Gasteiger partial charge in [-0.2, -0.15) is 10.2 Å². The molecular formula is C24H26ClN5O2. The van der Waals surface area contributed by atoms with Crippen LogP contribution in [0.4, 0.5) is 0 Å². The molecule has 0 saturated heterocycles. The fourth-order valence-corrected chi connectivity index (χ4v) is 3.89. The molecule has 0 fully saturated rings. The number of rotatable bonds is 7. The van der Waals surface area contributed by atoms with Crippen LogP contribution >= 0.6 is 11.6 Å². The Morgan fingerprint density at radius 2 is 1.94 bits per heavy atom. The molecule has 0 aliphatic rings. The van der Waals surface area contributed by atoms with Crippen LogP contribution < -0.4 is 10.1 Å². The standard InChI is InChI=1S/C24H26ClN5O2/c1-15-6-5-7-18(10-15)13-26-24(31)19-11-21-20(22(12-19)32-4)14-29(28-21)8-9-30-17(3)23(25)16(2)27-30/h5-7,10-12,14H,8-9,13H2,1-4H3,(H,26,31). The van der Waals surface area contributed by atoms with Gasteiger partial charge in [0.2, 0.25) is 0 Å². The van der Waals surface area contributed by atoms with Crippen molar-refractivity contribution in [1.29, 1.82) is 0 Å². The van der Waals surface area contributed by atoms with E-state index in [2.05, 4.69) is 21.6 Å². The number of halogens is 1. The number of carbonyl (C=O) groups excluding carboxylic acids is 1. The zero-order chi connectivity index (χ0) is 22.8. The third-order valence-corrected chi connectivity index (χ3v) is 6.03. The molecule has 0 aliphatic carbocycles. The number of carbonyl (C=O) groups is 1. The lowest BCUT2D eigenvalue weighted by Gasteiger charge is -2.08. The van der Waals surface area contributed by atoms with Crippen molar-refractivity contribution >= 4 is 28.4 Å². The largest absolute Gasteiger partial charge is 0.496 e. The summed E-state index contributed by atoms with van der Waals surface area (Å²) < 4.78 is 9.26. The molecule has 0 spiro atoms. The number of methoxy groups -OCH3 is 1. The summed E-state index contributed by atoms with van der Waals surface area (Å²) in [4.78, 5) is 12.8. The summed E-state index contributed by atoms with van der Waals surface area (Å²) in [5, 5.41) is 13.6. The van der Waals surface area contributed by atoms with Crippen LogP contribution in [0.1, 0.15) is 32.9 Å². The van der Waals surface area contributed by atoms with Gasteiger partial charge in [-0.25, -0.2) is 0 Å². The zero-order valence-electron chi connectivity index (χ0n) is 18.6. The normalized spacial score (nSPS) is 11.2. The first-order chi connectivity index (χ1) is 15.4. The molecule has 166 valence electrons. The van der Waals surface area contributed by atoms with Gasteiger partial charge in [-0.15, -0.1) is 0 Å². The quantitative estimate of drug-likeness (QED) is 0.450. The number of amides is 1. The molecule has 0 aliphatic heterocycles.